The third-order valence-corrected chi connectivity index (χ3v) is 4.77. The number of rotatable bonds is 6. The molecule has 1 fully saturated rings. The van der Waals surface area contributed by atoms with Crippen LogP contribution in [0.15, 0.2) is 77.4 Å². The Hall–Kier alpha value is -3.61. The lowest BCUT2D eigenvalue weighted by Gasteiger charge is -2.23. The number of benzene rings is 1. The predicted molar refractivity (Wildman–Crippen MR) is 101 cm³/mol. The second kappa shape index (κ2) is 7.56. The van der Waals surface area contributed by atoms with Crippen molar-refractivity contribution in [2.45, 2.75) is 19.0 Å². The molecule has 1 amide bonds. The quantitative estimate of drug-likeness (QED) is 0.405. The monoisotopic (exact) mass is 377 g/mol. The Morgan fingerprint density at radius 1 is 1.11 bits per heavy atom. The number of hydrogen-bond donors (Lipinski definition) is 1. The molecular formula is C21H19N3O4. The molecule has 3 aromatic rings. The van der Waals surface area contributed by atoms with E-state index in [0.29, 0.717) is 30.8 Å². The molecule has 1 aliphatic rings. The summed E-state index contributed by atoms with van der Waals surface area (Å²) >= 11 is 0. The van der Waals surface area contributed by atoms with Crippen molar-refractivity contribution in [3.05, 3.63) is 84.3 Å². The predicted octanol–water partition coefficient (Wildman–Crippen LogP) is 2.99. The van der Waals surface area contributed by atoms with E-state index in [9.17, 15) is 14.7 Å². The Morgan fingerprint density at radius 2 is 1.93 bits per heavy atom. The third kappa shape index (κ3) is 3.22. The lowest BCUT2D eigenvalue weighted by molar-refractivity contribution is -0.140. The number of nitrogens with zero attached hydrogens (tertiary/aromatic N) is 3. The van der Waals surface area contributed by atoms with Crippen LogP contribution in [-0.4, -0.2) is 37.8 Å². The molecule has 28 heavy (non-hydrogen) atoms. The molecule has 7 heteroatoms. The van der Waals surface area contributed by atoms with Crippen molar-refractivity contribution in [1.82, 2.24) is 14.5 Å². The molecule has 1 aliphatic heterocycles. The van der Waals surface area contributed by atoms with Gasteiger partial charge >= 0.3 is 0 Å². The first-order valence-corrected chi connectivity index (χ1v) is 9.00. The number of Topliss-reactive ketones (excluding diaryl/α,β-unsaturated/α-hetero) is 1. The van der Waals surface area contributed by atoms with Crippen molar-refractivity contribution in [3.8, 4) is 0 Å². The first kappa shape index (κ1) is 17.8. The Kier molecular flexibility index (Phi) is 4.80. The Bertz CT molecular complexity index is 992. The summed E-state index contributed by atoms with van der Waals surface area (Å²) in [5.41, 5.74) is 0.532. The number of hydrogen-bond acceptors (Lipinski definition) is 5. The summed E-state index contributed by atoms with van der Waals surface area (Å²) in [4.78, 5) is 30.9. The number of carbonyl (C=O) groups excluding carboxylic acids is 2. The lowest BCUT2D eigenvalue weighted by atomic mass is 9.99. The van der Waals surface area contributed by atoms with Gasteiger partial charge in [0.15, 0.2) is 0 Å². The maximum Gasteiger partial charge on any atom is 0.295 e. The molecule has 0 bridgehead atoms. The van der Waals surface area contributed by atoms with Gasteiger partial charge < -0.3 is 19.0 Å². The second-order valence-corrected chi connectivity index (χ2v) is 6.53. The fourth-order valence-electron chi connectivity index (χ4n) is 3.45. The van der Waals surface area contributed by atoms with Crippen LogP contribution in [0.4, 0.5) is 0 Å². The molecular weight excluding hydrogens is 358 g/mol. The molecule has 0 aliphatic carbocycles. The molecule has 142 valence electrons. The zero-order valence-corrected chi connectivity index (χ0v) is 15.1. The van der Waals surface area contributed by atoms with Gasteiger partial charge in [-0.2, -0.15) is 0 Å². The standard InChI is InChI=1S/C21H19N3O4/c25-19(15-6-2-1-3-7-15)17-18(16-8-4-13-28-16)24(21(27)20(17)26)11-5-10-23-12-9-22-14-23/h1-4,6-9,12-14,18,25H,5,10-11H2/t18-/m1/s1. The largest absolute Gasteiger partial charge is 0.507 e. The van der Waals surface area contributed by atoms with Crippen LogP contribution in [0, 0.1) is 0 Å². The first-order valence-electron chi connectivity index (χ1n) is 9.00. The fraction of sp³-hybridized carbons (Fsp3) is 0.190. The van der Waals surface area contributed by atoms with Crippen LogP contribution in [0.5, 0.6) is 0 Å². The summed E-state index contributed by atoms with van der Waals surface area (Å²) < 4.78 is 7.41. The number of carbonyl (C=O) groups is 2. The number of amides is 1. The number of aliphatic hydroxyl groups excluding tert-OH is 1. The number of ketones is 1. The summed E-state index contributed by atoms with van der Waals surface area (Å²) in [6, 6.07) is 11.4. The summed E-state index contributed by atoms with van der Waals surface area (Å²) in [6.07, 6.45) is 7.35. The van der Waals surface area contributed by atoms with Gasteiger partial charge in [-0.05, 0) is 18.6 Å². The van der Waals surface area contributed by atoms with Crippen molar-refractivity contribution in [2.75, 3.05) is 6.54 Å². The van der Waals surface area contributed by atoms with E-state index in [0.717, 1.165) is 0 Å². The van der Waals surface area contributed by atoms with Crippen molar-refractivity contribution in [3.63, 3.8) is 0 Å². The van der Waals surface area contributed by atoms with Gasteiger partial charge in [0.2, 0.25) is 0 Å². The molecule has 0 spiro atoms. The van der Waals surface area contributed by atoms with Gasteiger partial charge in [-0.3, -0.25) is 9.59 Å². The molecule has 0 radical (unpaired) electrons. The van der Waals surface area contributed by atoms with E-state index < -0.39 is 17.7 Å². The Labute approximate surface area is 161 Å². The van der Waals surface area contributed by atoms with E-state index in [2.05, 4.69) is 4.98 Å². The summed E-state index contributed by atoms with van der Waals surface area (Å²) in [6.45, 7) is 1.01. The van der Waals surface area contributed by atoms with Gasteiger partial charge in [-0.25, -0.2) is 4.98 Å². The normalized spacial score (nSPS) is 18.7. The van der Waals surface area contributed by atoms with E-state index >= 15 is 0 Å². The van der Waals surface area contributed by atoms with Gasteiger partial charge in [0.1, 0.15) is 17.6 Å². The number of aliphatic hydroxyl groups is 1. The van der Waals surface area contributed by atoms with Crippen LogP contribution < -0.4 is 0 Å². The van der Waals surface area contributed by atoms with Gasteiger partial charge in [0.25, 0.3) is 11.7 Å². The summed E-state index contributed by atoms with van der Waals surface area (Å²) in [5.74, 6) is -1.09. The van der Waals surface area contributed by atoms with Crippen molar-refractivity contribution < 1.29 is 19.1 Å². The number of aromatic nitrogens is 2. The molecule has 3 heterocycles. The molecule has 2 aromatic heterocycles. The first-order chi connectivity index (χ1) is 13.7. The van der Waals surface area contributed by atoms with Crippen molar-refractivity contribution in [2.24, 2.45) is 0 Å². The van der Waals surface area contributed by atoms with E-state index in [1.807, 2.05) is 16.8 Å². The van der Waals surface area contributed by atoms with Crippen LogP contribution >= 0.6 is 0 Å². The maximum absolute atomic E-state index is 12.8. The molecule has 4 rings (SSSR count). The minimum Gasteiger partial charge on any atom is -0.507 e. The Balaban J connectivity index is 1.68. The number of imidazole rings is 1. The number of likely N-dealkylation sites (tertiary alicyclic amines) is 1. The zero-order valence-electron chi connectivity index (χ0n) is 15.1. The third-order valence-electron chi connectivity index (χ3n) is 4.77. The van der Waals surface area contributed by atoms with E-state index in [4.69, 9.17) is 4.42 Å². The molecule has 1 aromatic carbocycles. The highest BCUT2D eigenvalue weighted by atomic mass is 16.3. The van der Waals surface area contributed by atoms with Gasteiger partial charge in [-0.15, -0.1) is 0 Å². The average molecular weight is 377 g/mol. The number of furan rings is 1. The number of aryl methyl sites for hydroxylation is 1. The molecule has 1 saturated heterocycles. The van der Waals surface area contributed by atoms with Crippen LogP contribution in [0.3, 0.4) is 0 Å². The lowest BCUT2D eigenvalue weighted by Crippen LogP contribution is -2.31. The second-order valence-electron chi connectivity index (χ2n) is 6.53. The molecule has 0 saturated carbocycles. The molecule has 1 atom stereocenters. The maximum atomic E-state index is 12.8. The van der Waals surface area contributed by atoms with Crippen molar-refractivity contribution >= 4 is 17.4 Å². The zero-order chi connectivity index (χ0) is 19.5. The SMILES string of the molecule is O=C1C(=O)N(CCCn2ccnc2)[C@H](c2ccco2)C1=C(O)c1ccccc1. The van der Waals surface area contributed by atoms with Crippen LogP contribution in [0.2, 0.25) is 0 Å². The average Bonchev–Trinajstić information content (AvgIpc) is 3.46. The summed E-state index contributed by atoms with van der Waals surface area (Å²) in [7, 11) is 0. The molecule has 1 N–H and O–H groups in total. The highest BCUT2D eigenvalue weighted by molar-refractivity contribution is 6.46. The molecule has 0 unspecified atom stereocenters. The Morgan fingerprint density at radius 3 is 2.61 bits per heavy atom. The van der Waals surface area contributed by atoms with E-state index in [-0.39, 0.29) is 11.3 Å². The van der Waals surface area contributed by atoms with Crippen molar-refractivity contribution in [1.29, 1.82) is 0 Å². The van der Waals surface area contributed by atoms with E-state index in [1.54, 1.807) is 48.9 Å². The van der Waals surface area contributed by atoms with Crippen LogP contribution in [0.25, 0.3) is 5.76 Å². The highest BCUT2D eigenvalue weighted by Gasteiger charge is 2.47. The smallest absolute Gasteiger partial charge is 0.295 e. The fourth-order valence-corrected chi connectivity index (χ4v) is 3.45. The summed E-state index contributed by atoms with van der Waals surface area (Å²) in [5, 5.41) is 10.8. The van der Waals surface area contributed by atoms with Gasteiger partial charge in [0, 0.05) is 31.0 Å². The van der Waals surface area contributed by atoms with Crippen LogP contribution in [0.1, 0.15) is 23.8 Å². The van der Waals surface area contributed by atoms with Gasteiger partial charge in [-0.1, -0.05) is 30.3 Å². The topological polar surface area (TPSA) is 88.6 Å². The van der Waals surface area contributed by atoms with Crippen LogP contribution in [-0.2, 0) is 16.1 Å². The molecule has 7 nitrogen and oxygen atoms in total. The van der Waals surface area contributed by atoms with Gasteiger partial charge in [0.05, 0.1) is 18.2 Å². The van der Waals surface area contributed by atoms with E-state index in [1.165, 1.54) is 11.2 Å². The minimum atomic E-state index is -0.752. The highest BCUT2D eigenvalue weighted by Crippen LogP contribution is 2.39. The minimum absolute atomic E-state index is 0.0498.